The molecule has 2 heterocycles. The number of carbonyl (C=O) groups excluding carboxylic acids is 2. The highest BCUT2D eigenvalue weighted by Crippen LogP contribution is 2.19. The van der Waals surface area contributed by atoms with E-state index in [9.17, 15) is 19.5 Å². The van der Waals surface area contributed by atoms with Gasteiger partial charge in [0, 0.05) is 41.8 Å². The van der Waals surface area contributed by atoms with Gasteiger partial charge in [0.25, 0.3) is 0 Å². The molecule has 3 aromatic rings. The maximum Gasteiger partial charge on any atom is 0.326 e. The second kappa shape index (κ2) is 9.02. The average Bonchev–Trinajstić information content (AvgIpc) is 3.36. The lowest BCUT2D eigenvalue weighted by Gasteiger charge is -2.21. The zero-order chi connectivity index (χ0) is 20.8. The van der Waals surface area contributed by atoms with Gasteiger partial charge in [0.2, 0.25) is 11.8 Å². The summed E-state index contributed by atoms with van der Waals surface area (Å²) in [6, 6.07) is 5.34. The van der Waals surface area contributed by atoms with Crippen LogP contribution in [0.5, 0.6) is 0 Å². The van der Waals surface area contributed by atoms with Crippen LogP contribution in [0.1, 0.15) is 11.3 Å². The van der Waals surface area contributed by atoms with Gasteiger partial charge in [0.05, 0.1) is 12.9 Å². The number of carbonyl (C=O) groups is 3. The van der Waals surface area contributed by atoms with E-state index in [1.165, 1.54) is 12.5 Å². The number of fused-ring (bicyclic) bond motifs is 1. The lowest BCUT2D eigenvalue weighted by molar-refractivity contribution is -0.142. The zero-order valence-corrected chi connectivity index (χ0v) is 15.5. The number of benzene rings is 1. The van der Waals surface area contributed by atoms with Gasteiger partial charge in [0.1, 0.15) is 12.1 Å². The van der Waals surface area contributed by atoms with Crippen LogP contribution in [0.25, 0.3) is 10.9 Å². The Labute approximate surface area is 165 Å². The van der Waals surface area contributed by atoms with Gasteiger partial charge in [0.15, 0.2) is 0 Å². The molecule has 29 heavy (non-hydrogen) atoms. The van der Waals surface area contributed by atoms with E-state index in [4.69, 9.17) is 5.73 Å². The molecular formula is C19H22N6O4. The molecular weight excluding hydrogens is 376 g/mol. The Morgan fingerprint density at radius 2 is 1.90 bits per heavy atom. The molecule has 0 aliphatic rings. The fourth-order valence-electron chi connectivity index (χ4n) is 3.07. The second-order valence-corrected chi connectivity index (χ2v) is 6.57. The first-order valence-corrected chi connectivity index (χ1v) is 9.02. The van der Waals surface area contributed by atoms with Gasteiger partial charge >= 0.3 is 5.97 Å². The van der Waals surface area contributed by atoms with Crippen molar-refractivity contribution < 1.29 is 19.5 Å². The third-order valence-corrected chi connectivity index (χ3v) is 4.53. The SMILES string of the molecule is NCC(=O)NC(Cc1cnc[nH]1)C(=O)NC(Cc1c[nH]c2ccccc12)C(=O)O. The van der Waals surface area contributed by atoms with Crippen LogP contribution < -0.4 is 16.4 Å². The molecule has 7 N–H and O–H groups in total. The molecule has 0 spiro atoms. The number of aliphatic carboxylic acids is 1. The fraction of sp³-hybridized carbons (Fsp3) is 0.263. The molecule has 152 valence electrons. The van der Waals surface area contributed by atoms with Crippen molar-refractivity contribution in [2.75, 3.05) is 6.54 Å². The van der Waals surface area contributed by atoms with Crippen LogP contribution in [-0.2, 0) is 27.2 Å². The largest absolute Gasteiger partial charge is 0.480 e. The lowest BCUT2D eigenvalue weighted by atomic mass is 10.0. The molecule has 2 atom stereocenters. The normalized spacial score (nSPS) is 13.0. The Balaban J connectivity index is 1.75. The van der Waals surface area contributed by atoms with Crippen LogP contribution >= 0.6 is 0 Å². The summed E-state index contributed by atoms with van der Waals surface area (Å²) in [6.07, 6.45) is 4.91. The maximum absolute atomic E-state index is 12.8. The van der Waals surface area contributed by atoms with E-state index >= 15 is 0 Å². The lowest BCUT2D eigenvalue weighted by Crippen LogP contribution is -2.54. The average molecular weight is 398 g/mol. The van der Waals surface area contributed by atoms with Crippen molar-refractivity contribution >= 4 is 28.7 Å². The van der Waals surface area contributed by atoms with Crippen LogP contribution in [0.2, 0.25) is 0 Å². The Morgan fingerprint density at radius 3 is 2.59 bits per heavy atom. The highest BCUT2D eigenvalue weighted by Gasteiger charge is 2.27. The van der Waals surface area contributed by atoms with Gasteiger partial charge < -0.3 is 31.4 Å². The highest BCUT2D eigenvalue weighted by atomic mass is 16.4. The number of nitrogens with one attached hydrogen (secondary N) is 4. The first kappa shape index (κ1) is 20.1. The molecule has 0 saturated carbocycles. The first-order chi connectivity index (χ1) is 14.0. The highest BCUT2D eigenvalue weighted by molar-refractivity contribution is 5.91. The molecule has 0 fully saturated rings. The van der Waals surface area contributed by atoms with Crippen molar-refractivity contribution in [2.45, 2.75) is 24.9 Å². The number of amides is 2. The summed E-state index contributed by atoms with van der Waals surface area (Å²) in [6.45, 7) is -0.287. The number of carboxylic acids is 1. The van der Waals surface area contributed by atoms with Crippen LogP contribution in [0.3, 0.4) is 0 Å². The minimum absolute atomic E-state index is 0.0900. The van der Waals surface area contributed by atoms with E-state index in [1.807, 2.05) is 24.3 Å². The van der Waals surface area contributed by atoms with Crippen molar-refractivity contribution in [3.8, 4) is 0 Å². The van der Waals surface area contributed by atoms with Gasteiger partial charge in [-0.3, -0.25) is 9.59 Å². The molecule has 0 bridgehead atoms. The van der Waals surface area contributed by atoms with E-state index in [0.717, 1.165) is 16.5 Å². The summed E-state index contributed by atoms with van der Waals surface area (Å²) in [5, 5.41) is 15.5. The number of para-hydroxylation sites is 1. The summed E-state index contributed by atoms with van der Waals surface area (Å²) in [7, 11) is 0. The van der Waals surface area contributed by atoms with E-state index in [-0.39, 0.29) is 19.4 Å². The number of nitrogens with two attached hydrogens (primary N) is 1. The molecule has 2 aromatic heterocycles. The summed E-state index contributed by atoms with van der Waals surface area (Å²) in [5.74, 6) is -2.31. The molecule has 2 amide bonds. The predicted octanol–water partition coefficient (Wildman–Crippen LogP) is -0.311. The van der Waals surface area contributed by atoms with E-state index in [0.29, 0.717) is 5.69 Å². The van der Waals surface area contributed by atoms with Crippen LogP contribution in [0.4, 0.5) is 0 Å². The van der Waals surface area contributed by atoms with Gasteiger partial charge in [-0.05, 0) is 11.6 Å². The Kier molecular flexibility index (Phi) is 6.25. The number of H-pyrrole nitrogens is 2. The molecule has 0 aliphatic heterocycles. The van der Waals surface area contributed by atoms with Gasteiger partial charge in [-0.1, -0.05) is 18.2 Å². The standard InChI is InChI=1S/C19H22N6O4/c20-7-17(26)24-15(6-12-9-21-10-23-12)18(27)25-16(19(28)29)5-11-8-22-14-4-2-1-3-13(11)14/h1-4,8-10,15-16,22H,5-7,20H2,(H,21,23)(H,24,26)(H,25,27)(H,28,29). The zero-order valence-electron chi connectivity index (χ0n) is 15.5. The number of aromatic nitrogens is 3. The quantitative estimate of drug-likeness (QED) is 0.289. The van der Waals surface area contributed by atoms with Crippen molar-refractivity contribution in [3.63, 3.8) is 0 Å². The van der Waals surface area contributed by atoms with Crippen molar-refractivity contribution in [1.29, 1.82) is 0 Å². The molecule has 1 aromatic carbocycles. The number of nitrogens with zero attached hydrogens (tertiary/aromatic N) is 1. The minimum atomic E-state index is -1.17. The Hall–Kier alpha value is -3.66. The topological polar surface area (TPSA) is 166 Å². The van der Waals surface area contributed by atoms with Gasteiger partial charge in [-0.25, -0.2) is 9.78 Å². The second-order valence-electron chi connectivity index (χ2n) is 6.57. The van der Waals surface area contributed by atoms with Crippen LogP contribution in [0.15, 0.2) is 43.0 Å². The van der Waals surface area contributed by atoms with Gasteiger partial charge in [-0.15, -0.1) is 0 Å². The number of aromatic amines is 2. The molecule has 10 heteroatoms. The summed E-state index contributed by atoms with van der Waals surface area (Å²) in [4.78, 5) is 46.1. The third kappa shape index (κ3) is 4.99. The summed E-state index contributed by atoms with van der Waals surface area (Å²) in [5.41, 5.74) is 7.59. The maximum atomic E-state index is 12.8. The molecule has 0 aliphatic carbocycles. The van der Waals surface area contributed by atoms with Gasteiger partial charge in [-0.2, -0.15) is 0 Å². The monoisotopic (exact) mass is 398 g/mol. The molecule has 10 nitrogen and oxygen atoms in total. The van der Waals surface area contributed by atoms with Crippen LogP contribution in [-0.4, -0.2) is 56.5 Å². The number of hydrogen-bond acceptors (Lipinski definition) is 5. The number of hydrogen-bond donors (Lipinski definition) is 6. The smallest absolute Gasteiger partial charge is 0.326 e. The van der Waals surface area contributed by atoms with E-state index < -0.39 is 29.9 Å². The summed E-state index contributed by atoms with van der Waals surface area (Å²) >= 11 is 0. The minimum Gasteiger partial charge on any atom is -0.480 e. The molecule has 0 saturated heterocycles. The Bertz CT molecular complexity index is 997. The number of rotatable bonds is 9. The van der Waals surface area contributed by atoms with E-state index in [1.54, 1.807) is 6.20 Å². The van der Waals surface area contributed by atoms with Crippen molar-refractivity contribution in [1.82, 2.24) is 25.6 Å². The third-order valence-electron chi connectivity index (χ3n) is 4.53. The predicted molar refractivity (Wildman–Crippen MR) is 105 cm³/mol. The number of imidazole rings is 1. The summed E-state index contributed by atoms with van der Waals surface area (Å²) < 4.78 is 0. The van der Waals surface area contributed by atoms with Crippen LogP contribution in [0, 0.1) is 0 Å². The van der Waals surface area contributed by atoms with Crippen molar-refractivity contribution in [2.24, 2.45) is 5.73 Å². The number of carboxylic acid groups (broad SMARTS) is 1. The Morgan fingerprint density at radius 1 is 1.10 bits per heavy atom. The molecule has 2 unspecified atom stereocenters. The van der Waals surface area contributed by atoms with Crippen molar-refractivity contribution in [3.05, 3.63) is 54.2 Å². The van der Waals surface area contributed by atoms with E-state index in [2.05, 4.69) is 25.6 Å². The fourth-order valence-corrected chi connectivity index (χ4v) is 3.07. The molecule has 0 radical (unpaired) electrons. The first-order valence-electron chi connectivity index (χ1n) is 9.02. The molecule has 3 rings (SSSR count).